The Morgan fingerprint density at radius 2 is 1.96 bits per heavy atom. The summed E-state index contributed by atoms with van der Waals surface area (Å²) in [6.07, 6.45) is 0.186. The molecule has 0 aliphatic carbocycles. The summed E-state index contributed by atoms with van der Waals surface area (Å²) in [6, 6.07) is 11.3. The molecular formula is C18H17FN2O2. The van der Waals surface area contributed by atoms with E-state index >= 15 is 0 Å². The van der Waals surface area contributed by atoms with Crippen LogP contribution in [0.4, 0.5) is 10.1 Å². The Balaban J connectivity index is 1.72. The maximum atomic E-state index is 12.9. The molecule has 0 fully saturated rings. The third kappa shape index (κ3) is 3.56. The second kappa shape index (κ2) is 6.20. The Morgan fingerprint density at radius 3 is 2.65 bits per heavy atom. The Hall–Kier alpha value is -2.69. The quantitative estimate of drug-likeness (QED) is 0.782. The number of aromatic nitrogens is 1. The number of oxazole rings is 1. The van der Waals surface area contributed by atoms with E-state index in [-0.39, 0.29) is 24.1 Å². The maximum Gasteiger partial charge on any atom is 0.228 e. The first-order valence-corrected chi connectivity index (χ1v) is 7.46. The van der Waals surface area contributed by atoms with Crippen molar-refractivity contribution in [1.82, 2.24) is 4.98 Å². The molecule has 1 amide bonds. The van der Waals surface area contributed by atoms with Crippen molar-refractivity contribution in [3.63, 3.8) is 0 Å². The van der Waals surface area contributed by atoms with E-state index in [1.807, 2.05) is 19.9 Å². The summed E-state index contributed by atoms with van der Waals surface area (Å²) < 4.78 is 18.5. The van der Waals surface area contributed by atoms with Gasteiger partial charge in [-0.15, -0.1) is 0 Å². The first kappa shape index (κ1) is 15.2. The van der Waals surface area contributed by atoms with Crippen molar-refractivity contribution in [2.24, 2.45) is 0 Å². The molecule has 0 radical (unpaired) electrons. The lowest BCUT2D eigenvalue weighted by Gasteiger charge is -2.05. The molecule has 0 aliphatic heterocycles. The van der Waals surface area contributed by atoms with Crippen LogP contribution in [0.25, 0.3) is 11.1 Å². The average Bonchev–Trinajstić information content (AvgIpc) is 2.93. The fraction of sp³-hybridized carbons (Fsp3) is 0.222. The molecule has 1 aromatic heterocycles. The highest BCUT2D eigenvalue weighted by atomic mass is 19.1. The van der Waals surface area contributed by atoms with Crippen LogP contribution in [-0.4, -0.2) is 10.9 Å². The number of carbonyl (C=O) groups excluding carboxylic acids is 1. The van der Waals surface area contributed by atoms with Gasteiger partial charge in [-0.05, 0) is 29.8 Å². The molecule has 0 aliphatic rings. The number of nitrogens with one attached hydrogen (secondary N) is 1. The SMILES string of the molecule is CC(C)c1nc2ccc(NC(=O)Cc3ccc(F)cc3)cc2o1. The summed E-state index contributed by atoms with van der Waals surface area (Å²) in [4.78, 5) is 16.5. The van der Waals surface area contributed by atoms with Crippen molar-refractivity contribution < 1.29 is 13.6 Å². The summed E-state index contributed by atoms with van der Waals surface area (Å²) in [5, 5.41) is 2.82. The number of carbonyl (C=O) groups is 1. The van der Waals surface area contributed by atoms with E-state index in [2.05, 4.69) is 10.3 Å². The first-order valence-electron chi connectivity index (χ1n) is 7.46. The number of amides is 1. The number of anilines is 1. The van der Waals surface area contributed by atoms with Gasteiger partial charge in [0.2, 0.25) is 5.91 Å². The van der Waals surface area contributed by atoms with Gasteiger partial charge in [0.15, 0.2) is 11.5 Å². The molecule has 0 atom stereocenters. The number of rotatable bonds is 4. The van der Waals surface area contributed by atoms with E-state index in [4.69, 9.17) is 4.42 Å². The van der Waals surface area contributed by atoms with Crippen molar-refractivity contribution in [2.45, 2.75) is 26.2 Å². The van der Waals surface area contributed by atoms with Gasteiger partial charge in [-0.25, -0.2) is 9.37 Å². The molecule has 5 heteroatoms. The van der Waals surface area contributed by atoms with Gasteiger partial charge in [-0.1, -0.05) is 26.0 Å². The fourth-order valence-electron chi connectivity index (χ4n) is 2.26. The number of fused-ring (bicyclic) bond motifs is 1. The molecule has 1 heterocycles. The van der Waals surface area contributed by atoms with Crippen LogP contribution < -0.4 is 5.32 Å². The van der Waals surface area contributed by atoms with Gasteiger partial charge < -0.3 is 9.73 Å². The van der Waals surface area contributed by atoms with Crippen LogP contribution in [0.5, 0.6) is 0 Å². The van der Waals surface area contributed by atoms with Gasteiger partial charge in [-0.2, -0.15) is 0 Å². The van der Waals surface area contributed by atoms with E-state index < -0.39 is 0 Å². The third-order valence-corrected chi connectivity index (χ3v) is 3.46. The molecule has 0 spiro atoms. The summed E-state index contributed by atoms with van der Waals surface area (Å²) in [5.74, 6) is 0.402. The summed E-state index contributed by atoms with van der Waals surface area (Å²) in [6.45, 7) is 4.02. The monoisotopic (exact) mass is 312 g/mol. The minimum Gasteiger partial charge on any atom is -0.440 e. The van der Waals surface area contributed by atoms with Crippen LogP contribution in [-0.2, 0) is 11.2 Å². The average molecular weight is 312 g/mol. The second-order valence-corrected chi connectivity index (χ2v) is 5.74. The van der Waals surface area contributed by atoms with Crippen LogP contribution in [0, 0.1) is 5.82 Å². The van der Waals surface area contributed by atoms with Crippen LogP contribution in [0.15, 0.2) is 46.9 Å². The number of halogens is 1. The standard InChI is InChI=1S/C18H17FN2O2/c1-11(2)18-21-15-8-7-14(10-16(15)23-18)20-17(22)9-12-3-5-13(19)6-4-12/h3-8,10-11H,9H2,1-2H3,(H,20,22). The number of nitrogens with zero attached hydrogens (tertiary/aromatic N) is 1. The Kier molecular flexibility index (Phi) is 4.10. The van der Waals surface area contributed by atoms with Gasteiger partial charge in [0, 0.05) is 17.7 Å². The van der Waals surface area contributed by atoms with Crippen molar-refractivity contribution in [3.8, 4) is 0 Å². The lowest BCUT2D eigenvalue weighted by molar-refractivity contribution is -0.115. The minimum atomic E-state index is -0.314. The summed E-state index contributed by atoms with van der Waals surface area (Å²) in [5.41, 5.74) is 2.82. The molecule has 0 bridgehead atoms. The number of hydrogen-bond donors (Lipinski definition) is 1. The van der Waals surface area contributed by atoms with Gasteiger partial charge in [-0.3, -0.25) is 4.79 Å². The van der Waals surface area contributed by atoms with Crippen molar-refractivity contribution in [1.29, 1.82) is 0 Å². The van der Waals surface area contributed by atoms with E-state index in [0.29, 0.717) is 17.2 Å². The second-order valence-electron chi connectivity index (χ2n) is 5.74. The topological polar surface area (TPSA) is 55.1 Å². The predicted molar refractivity (Wildman–Crippen MR) is 86.8 cm³/mol. The number of benzene rings is 2. The Bertz CT molecular complexity index is 838. The highest BCUT2D eigenvalue weighted by Crippen LogP contribution is 2.24. The predicted octanol–water partition coefficient (Wildman–Crippen LogP) is 4.27. The molecule has 0 unspecified atom stereocenters. The molecule has 3 rings (SSSR count). The van der Waals surface area contributed by atoms with Crippen LogP contribution in [0.2, 0.25) is 0 Å². The van der Waals surface area contributed by atoms with Crippen molar-refractivity contribution >= 4 is 22.7 Å². The molecule has 3 aromatic rings. The molecule has 2 aromatic carbocycles. The molecule has 1 N–H and O–H groups in total. The van der Waals surface area contributed by atoms with Gasteiger partial charge in [0.25, 0.3) is 0 Å². The van der Waals surface area contributed by atoms with E-state index in [1.165, 1.54) is 12.1 Å². The van der Waals surface area contributed by atoms with Crippen LogP contribution in [0.3, 0.4) is 0 Å². The molecule has 0 saturated heterocycles. The normalized spacial score (nSPS) is 11.1. The zero-order chi connectivity index (χ0) is 16.4. The van der Waals surface area contributed by atoms with Crippen molar-refractivity contribution in [3.05, 3.63) is 59.7 Å². The fourth-order valence-corrected chi connectivity index (χ4v) is 2.26. The molecule has 118 valence electrons. The minimum absolute atomic E-state index is 0.167. The van der Waals surface area contributed by atoms with Gasteiger partial charge in [0.05, 0.1) is 6.42 Å². The molecular weight excluding hydrogens is 295 g/mol. The highest BCUT2D eigenvalue weighted by Gasteiger charge is 2.11. The summed E-state index contributed by atoms with van der Waals surface area (Å²) >= 11 is 0. The molecule has 4 nitrogen and oxygen atoms in total. The first-order chi connectivity index (χ1) is 11.0. The Morgan fingerprint density at radius 1 is 1.22 bits per heavy atom. The lowest BCUT2D eigenvalue weighted by Crippen LogP contribution is -2.14. The zero-order valence-corrected chi connectivity index (χ0v) is 13.0. The van der Waals surface area contributed by atoms with Gasteiger partial charge >= 0.3 is 0 Å². The van der Waals surface area contributed by atoms with Crippen LogP contribution in [0.1, 0.15) is 31.2 Å². The van der Waals surface area contributed by atoms with E-state index in [1.54, 1.807) is 24.3 Å². The summed E-state index contributed by atoms with van der Waals surface area (Å²) in [7, 11) is 0. The van der Waals surface area contributed by atoms with Crippen molar-refractivity contribution in [2.75, 3.05) is 5.32 Å². The highest BCUT2D eigenvalue weighted by molar-refractivity contribution is 5.94. The Labute approximate surface area is 133 Å². The third-order valence-electron chi connectivity index (χ3n) is 3.46. The smallest absolute Gasteiger partial charge is 0.228 e. The largest absolute Gasteiger partial charge is 0.440 e. The van der Waals surface area contributed by atoms with E-state index in [0.717, 1.165) is 11.1 Å². The zero-order valence-electron chi connectivity index (χ0n) is 13.0. The van der Waals surface area contributed by atoms with E-state index in [9.17, 15) is 9.18 Å². The maximum absolute atomic E-state index is 12.9. The van der Waals surface area contributed by atoms with Crippen LogP contribution >= 0.6 is 0 Å². The lowest BCUT2D eigenvalue weighted by atomic mass is 10.1. The number of hydrogen-bond acceptors (Lipinski definition) is 3. The molecule has 23 heavy (non-hydrogen) atoms. The van der Waals surface area contributed by atoms with Gasteiger partial charge in [0.1, 0.15) is 11.3 Å². The molecule has 0 saturated carbocycles.